The molecule has 0 aliphatic heterocycles. The Morgan fingerprint density at radius 3 is 2.39 bits per heavy atom. The third-order valence-electron chi connectivity index (χ3n) is 2.97. The maximum absolute atomic E-state index is 12.3. The summed E-state index contributed by atoms with van der Waals surface area (Å²) in [6, 6.07) is 9.43. The molecule has 0 atom stereocenters. The summed E-state index contributed by atoms with van der Waals surface area (Å²) >= 11 is 11.9. The molecule has 0 aliphatic carbocycles. The summed E-state index contributed by atoms with van der Waals surface area (Å²) in [5.74, 6) is -0.425. The van der Waals surface area contributed by atoms with E-state index in [4.69, 9.17) is 23.2 Å². The van der Waals surface area contributed by atoms with Gasteiger partial charge < -0.3 is 5.32 Å². The number of anilines is 2. The van der Waals surface area contributed by atoms with Crippen LogP contribution in [-0.2, 0) is 10.0 Å². The molecule has 0 aliphatic rings. The van der Waals surface area contributed by atoms with Gasteiger partial charge in [0.15, 0.2) is 0 Å². The van der Waals surface area contributed by atoms with Gasteiger partial charge in [0.1, 0.15) is 0 Å². The van der Waals surface area contributed by atoms with Crippen LogP contribution in [0.3, 0.4) is 0 Å². The standard InChI is InChI=1S/C15H14Cl2N2O3S/c1-9-3-4-10(7-13(9)19-23(2,21)22)15(20)18-14-8-11(16)5-6-12(14)17/h3-8,19H,1-2H3,(H,18,20). The van der Waals surface area contributed by atoms with Gasteiger partial charge in [-0.25, -0.2) is 8.42 Å². The minimum atomic E-state index is -3.43. The molecule has 2 aromatic rings. The van der Waals surface area contributed by atoms with Gasteiger partial charge in [0.2, 0.25) is 10.0 Å². The second kappa shape index (κ2) is 6.78. The number of aryl methyl sites for hydroxylation is 1. The number of hydrogen-bond donors (Lipinski definition) is 2. The molecule has 122 valence electrons. The summed E-state index contributed by atoms with van der Waals surface area (Å²) in [5, 5.41) is 3.43. The smallest absolute Gasteiger partial charge is 0.255 e. The minimum absolute atomic E-state index is 0.290. The Hall–Kier alpha value is -1.76. The van der Waals surface area contributed by atoms with Crippen molar-refractivity contribution in [1.29, 1.82) is 0 Å². The molecule has 0 fully saturated rings. The van der Waals surface area contributed by atoms with Crippen LogP contribution in [0.5, 0.6) is 0 Å². The zero-order valence-electron chi connectivity index (χ0n) is 12.4. The summed E-state index contributed by atoms with van der Waals surface area (Å²) < 4.78 is 25.1. The Morgan fingerprint density at radius 1 is 1.04 bits per heavy atom. The van der Waals surface area contributed by atoms with Crippen molar-refractivity contribution in [2.45, 2.75) is 6.92 Å². The Bertz CT molecular complexity index is 867. The molecule has 2 N–H and O–H groups in total. The SMILES string of the molecule is Cc1ccc(C(=O)Nc2cc(Cl)ccc2Cl)cc1NS(C)(=O)=O. The maximum atomic E-state index is 12.3. The van der Waals surface area contributed by atoms with Crippen LogP contribution in [0, 0.1) is 6.92 Å². The molecule has 0 spiro atoms. The first kappa shape index (κ1) is 17.6. The van der Waals surface area contributed by atoms with E-state index in [1.54, 1.807) is 31.2 Å². The summed E-state index contributed by atoms with van der Waals surface area (Å²) in [7, 11) is -3.43. The molecule has 0 heterocycles. The Kier molecular flexibility index (Phi) is 5.19. The summed E-state index contributed by atoms with van der Waals surface area (Å²) in [6.45, 7) is 1.74. The van der Waals surface area contributed by atoms with Crippen molar-refractivity contribution < 1.29 is 13.2 Å². The highest BCUT2D eigenvalue weighted by Gasteiger charge is 2.12. The maximum Gasteiger partial charge on any atom is 0.255 e. The van der Waals surface area contributed by atoms with Gasteiger partial charge in [0.05, 0.1) is 22.7 Å². The third-order valence-corrected chi connectivity index (χ3v) is 4.13. The number of rotatable bonds is 4. The number of nitrogens with one attached hydrogen (secondary N) is 2. The van der Waals surface area contributed by atoms with Gasteiger partial charge >= 0.3 is 0 Å². The van der Waals surface area contributed by atoms with E-state index in [0.717, 1.165) is 6.26 Å². The highest BCUT2D eigenvalue weighted by Crippen LogP contribution is 2.26. The highest BCUT2D eigenvalue weighted by atomic mass is 35.5. The van der Waals surface area contributed by atoms with Crippen molar-refractivity contribution in [2.24, 2.45) is 0 Å². The van der Waals surface area contributed by atoms with Crippen LogP contribution >= 0.6 is 23.2 Å². The summed E-state index contributed by atoms with van der Waals surface area (Å²) in [4.78, 5) is 12.3. The number of sulfonamides is 1. The Labute approximate surface area is 144 Å². The fraction of sp³-hybridized carbons (Fsp3) is 0.133. The van der Waals surface area contributed by atoms with E-state index < -0.39 is 15.9 Å². The lowest BCUT2D eigenvalue weighted by atomic mass is 10.1. The molecule has 0 bridgehead atoms. The fourth-order valence-electron chi connectivity index (χ4n) is 1.86. The molecule has 1 amide bonds. The molecule has 0 unspecified atom stereocenters. The molecular weight excluding hydrogens is 359 g/mol. The average Bonchev–Trinajstić information content (AvgIpc) is 2.43. The first-order chi connectivity index (χ1) is 10.7. The van der Waals surface area contributed by atoms with Gasteiger partial charge in [0, 0.05) is 10.6 Å². The zero-order valence-corrected chi connectivity index (χ0v) is 14.7. The third kappa shape index (κ3) is 4.86. The van der Waals surface area contributed by atoms with Crippen molar-refractivity contribution in [2.75, 3.05) is 16.3 Å². The summed E-state index contributed by atoms with van der Waals surface area (Å²) in [6.07, 6.45) is 1.05. The van der Waals surface area contributed by atoms with E-state index in [9.17, 15) is 13.2 Å². The van der Waals surface area contributed by atoms with Gasteiger partial charge in [-0.1, -0.05) is 29.3 Å². The van der Waals surface area contributed by atoms with Gasteiger partial charge in [-0.15, -0.1) is 0 Å². The van der Waals surface area contributed by atoms with Crippen LogP contribution in [0.4, 0.5) is 11.4 Å². The second-order valence-electron chi connectivity index (χ2n) is 4.98. The van der Waals surface area contributed by atoms with Crippen LogP contribution in [0.2, 0.25) is 10.0 Å². The number of carbonyl (C=O) groups is 1. The topological polar surface area (TPSA) is 75.3 Å². The van der Waals surface area contributed by atoms with E-state index in [0.29, 0.717) is 27.0 Å². The summed E-state index contributed by atoms with van der Waals surface area (Å²) in [5.41, 5.74) is 1.71. The highest BCUT2D eigenvalue weighted by molar-refractivity contribution is 7.92. The number of benzene rings is 2. The molecule has 2 rings (SSSR count). The molecule has 0 radical (unpaired) electrons. The van der Waals surface area contributed by atoms with Crippen LogP contribution in [-0.4, -0.2) is 20.6 Å². The predicted octanol–water partition coefficient (Wildman–Crippen LogP) is 3.93. The molecule has 2 aromatic carbocycles. The van der Waals surface area contributed by atoms with Crippen molar-refractivity contribution in [3.8, 4) is 0 Å². The number of amides is 1. The van der Waals surface area contributed by atoms with E-state index in [1.807, 2.05) is 0 Å². The quantitative estimate of drug-likeness (QED) is 0.853. The number of halogens is 2. The second-order valence-corrected chi connectivity index (χ2v) is 7.57. The molecular formula is C15H14Cl2N2O3S. The molecule has 0 aromatic heterocycles. The molecule has 8 heteroatoms. The Balaban J connectivity index is 2.29. The fourth-order valence-corrected chi connectivity index (χ4v) is 2.82. The predicted molar refractivity (Wildman–Crippen MR) is 94.1 cm³/mol. The first-order valence-corrected chi connectivity index (χ1v) is 9.15. The molecule has 0 saturated carbocycles. The van der Waals surface area contributed by atoms with Crippen LogP contribution in [0.1, 0.15) is 15.9 Å². The van der Waals surface area contributed by atoms with Crippen molar-refractivity contribution in [3.05, 3.63) is 57.6 Å². The number of carbonyl (C=O) groups excluding carboxylic acids is 1. The monoisotopic (exact) mass is 372 g/mol. The number of hydrogen-bond acceptors (Lipinski definition) is 3. The lowest BCUT2D eigenvalue weighted by molar-refractivity contribution is 0.102. The van der Waals surface area contributed by atoms with Crippen molar-refractivity contribution in [3.63, 3.8) is 0 Å². The lowest BCUT2D eigenvalue weighted by Crippen LogP contribution is -2.15. The van der Waals surface area contributed by atoms with Gasteiger partial charge in [-0.2, -0.15) is 0 Å². The van der Waals surface area contributed by atoms with E-state index in [2.05, 4.69) is 10.0 Å². The van der Waals surface area contributed by atoms with Crippen LogP contribution in [0.25, 0.3) is 0 Å². The van der Waals surface area contributed by atoms with Gasteiger partial charge in [-0.3, -0.25) is 9.52 Å². The van der Waals surface area contributed by atoms with Gasteiger partial charge in [-0.05, 0) is 42.8 Å². The molecule has 5 nitrogen and oxygen atoms in total. The average molecular weight is 373 g/mol. The molecule has 23 heavy (non-hydrogen) atoms. The van der Waals surface area contributed by atoms with E-state index in [-0.39, 0.29) is 5.56 Å². The normalized spacial score (nSPS) is 11.1. The first-order valence-electron chi connectivity index (χ1n) is 6.50. The van der Waals surface area contributed by atoms with Gasteiger partial charge in [0.25, 0.3) is 5.91 Å². The zero-order chi connectivity index (χ0) is 17.2. The van der Waals surface area contributed by atoms with Crippen LogP contribution < -0.4 is 10.0 Å². The van der Waals surface area contributed by atoms with Crippen molar-refractivity contribution in [1.82, 2.24) is 0 Å². The minimum Gasteiger partial charge on any atom is -0.321 e. The van der Waals surface area contributed by atoms with E-state index >= 15 is 0 Å². The Morgan fingerprint density at radius 2 is 1.74 bits per heavy atom. The van der Waals surface area contributed by atoms with E-state index in [1.165, 1.54) is 12.1 Å². The van der Waals surface area contributed by atoms with Crippen LogP contribution in [0.15, 0.2) is 36.4 Å². The molecule has 0 saturated heterocycles. The largest absolute Gasteiger partial charge is 0.321 e. The lowest BCUT2D eigenvalue weighted by Gasteiger charge is -2.11. The van der Waals surface area contributed by atoms with Crippen molar-refractivity contribution >= 4 is 50.5 Å².